The number of aliphatic hydroxyl groups is 1. The van der Waals surface area contributed by atoms with E-state index < -0.39 is 10.8 Å². The maximum absolute atomic E-state index is 12.3. The minimum atomic E-state index is -0.542. The van der Waals surface area contributed by atoms with Crippen LogP contribution in [0.1, 0.15) is 41.6 Å². The van der Waals surface area contributed by atoms with Crippen molar-refractivity contribution >= 4 is 11.6 Å². The highest BCUT2D eigenvalue weighted by molar-refractivity contribution is 5.99. The molecule has 0 heterocycles. The van der Waals surface area contributed by atoms with Crippen LogP contribution < -0.4 is 5.32 Å². The molecule has 0 radical (unpaired) electrons. The minimum Gasteiger partial charge on any atom is -0.396 e. The van der Waals surface area contributed by atoms with Crippen LogP contribution in [-0.4, -0.2) is 29.1 Å². The quantitative estimate of drug-likeness (QED) is 0.642. The summed E-state index contributed by atoms with van der Waals surface area (Å²) in [5.74, 6) is -0.445. The summed E-state index contributed by atoms with van der Waals surface area (Å²) in [6, 6.07) is 4.58. The third kappa shape index (κ3) is 3.21. The van der Waals surface area contributed by atoms with E-state index in [0.717, 1.165) is 25.7 Å². The number of carbonyl (C=O) groups excluding carboxylic acids is 1. The number of nitrogens with zero attached hydrogens (tertiary/aromatic N) is 1. The molecule has 0 spiro atoms. The lowest BCUT2D eigenvalue weighted by molar-refractivity contribution is -0.385. The first-order valence-electron chi connectivity index (χ1n) is 7.12. The van der Waals surface area contributed by atoms with Crippen molar-refractivity contribution in [1.29, 1.82) is 0 Å². The number of hydrogen-bond acceptors (Lipinski definition) is 4. The molecule has 0 aliphatic heterocycles. The van der Waals surface area contributed by atoms with Gasteiger partial charge in [-0.05, 0) is 25.3 Å². The second kappa shape index (κ2) is 6.22. The Labute approximate surface area is 123 Å². The molecule has 0 saturated heterocycles. The summed E-state index contributed by atoms with van der Waals surface area (Å²) in [6.07, 6.45) is 3.83. The number of benzene rings is 1. The standard InChI is InChI=1S/C15H20N2O4/c1-11-5-4-6-12(17(20)21)13(11)14(19)16-9-15(10-18)7-2-3-8-15/h4-6,18H,2-3,7-10H2,1H3,(H,16,19). The van der Waals surface area contributed by atoms with E-state index in [9.17, 15) is 20.0 Å². The van der Waals surface area contributed by atoms with Crippen LogP contribution in [0.4, 0.5) is 5.69 Å². The highest BCUT2D eigenvalue weighted by Crippen LogP contribution is 2.37. The van der Waals surface area contributed by atoms with Gasteiger partial charge in [-0.3, -0.25) is 14.9 Å². The number of rotatable bonds is 5. The molecule has 1 aliphatic rings. The Morgan fingerprint density at radius 3 is 2.67 bits per heavy atom. The van der Waals surface area contributed by atoms with E-state index in [0.29, 0.717) is 12.1 Å². The van der Waals surface area contributed by atoms with E-state index in [-0.39, 0.29) is 23.3 Å². The predicted octanol–water partition coefficient (Wildman–Crippen LogP) is 2.19. The van der Waals surface area contributed by atoms with Crippen LogP contribution in [0.2, 0.25) is 0 Å². The lowest BCUT2D eigenvalue weighted by Gasteiger charge is -2.26. The van der Waals surface area contributed by atoms with Crippen molar-refractivity contribution in [3.05, 3.63) is 39.4 Å². The number of carbonyl (C=O) groups is 1. The van der Waals surface area contributed by atoms with Gasteiger partial charge >= 0.3 is 0 Å². The molecule has 2 rings (SSSR count). The number of aryl methyl sites for hydroxylation is 1. The monoisotopic (exact) mass is 292 g/mol. The summed E-state index contributed by atoms with van der Waals surface area (Å²) in [5, 5.41) is 23.3. The van der Waals surface area contributed by atoms with E-state index in [4.69, 9.17) is 0 Å². The van der Waals surface area contributed by atoms with Crippen molar-refractivity contribution in [2.24, 2.45) is 5.41 Å². The molecule has 6 nitrogen and oxygen atoms in total. The number of nitro benzene ring substituents is 1. The molecule has 1 amide bonds. The smallest absolute Gasteiger partial charge is 0.282 e. The van der Waals surface area contributed by atoms with Gasteiger partial charge in [-0.1, -0.05) is 25.0 Å². The van der Waals surface area contributed by atoms with Crippen molar-refractivity contribution in [3.63, 3.8) is 0 Å². The normalized spacial score (nSPS) is 16.7. The van der Waals surface area contributed by atoms with Crippen molar-refractivity contribution in [3.8, 4) is 0 Å². The molecule has 21 heavy (non-hydrogen) atoms. The van der Waals surface area contributed by atoms with Gasteiger partial charge in [0, 0.05) is 18.0 Å². The minimum absolute atomic E-state index is 0.0309. The summed E-state index contributed by atoms with van der Waals surface area (Å²) < 4.78 is 0. The zero-order valence-electron chi connectivity index (χ0n) is 12.1. The summed E-state index contributed by atoms with van der Waals surface area (Å²) in [7, 11) is 0. The number of nitro groups is 1. The Balaban J connectivity index is 2.16. The molecular formula is C15H20N2O4. The molecule has 0 bridgehead atoms. The van der Waals surface area contributed by atoms with Gasteiger partial charge in [0.1, 0.15) is 5.56 Å². The highest BCUT2D eigenvalue weighted by atomic mass is 16.6. The third-order valence-electron chi connectivity index (χ3n) is 4.30. The first-order chi connectivity index (χ1) is 9.99. The maximum Gasteiger partial charge on any atom is 0.282 e. The van der Waals surface area contributed by atoms with Crippen LogP contribution in [0.15, 0.2) is 18.2 Å². The zero-order valence-corrected chi connectivity index (χ0v) is 12.1. The fourth-order valence-corrected chi connectivity index (χ4v) is 2.97. The van der Waals surface area contributed by atoms with Crippen molar-refractivity contribution in [2.75, 3.05) is 13.2 Å². The average molecular weight is 292 g/mol. The van der Waals surface area contributed by atoms with Gasteiger partial charge in [-0.25, -0.2) is 0 Å². The first kappa shape index (κ1) is 15.4. The molecule has 114 valence electrons. The molecule has 2 N–H and O–H groups in total. The average Bonchev–Trinajstić information content (AvgIpc) is 2.94. The molecule has 0 unspecified atom stereocenters. The zero-order chi connectivity index (χ0) is 15.5. The molecule has 1 aromatic carbocycles. The molecule has 0 aromatic heterocycles. The fourth-order valence-electron chi connectivity index (χ4n) is 2.97. The Kier molecular flexibility index (Phi) is 4.57. The second-order valence-corrected chi connectivity index (χ2v) is 5.77. The topological polar surface area (TPSA) is 92.5 Å². The van der Waals surface area contributed by atoms with Gasteiger partial charge in [0.2, 0.25) is 0 Å². The Hall–Kier alpha value is -1.95. The van der Waals surface area contributed by atoms with E-state index in [2.05, 4.69) is 5.32 Å². The Morgan fingerprint density at radius 1 is 1.43 bits per heavy atom. The number of amides is 1. The van der Waals surface area contributed by atoms with E-state index >= 15 is 0 Å². The summed E-state index contributed by atoms with van der Waals surface area (Å²) in [6.45, 7) is 2.07. The van der Waals surface area contributed by atoms with Crippen molar-refractivity contribution < 1.29 is 14.8 Å². The van der Waals surface area contributed by atoms with E-state index in [1.165, 1.54) is 6.07 Å². The fraction of sp³-hybridized carbons (Fsp3) is 0.533. The number of hydrogen-bond donors (Lipinski definition) is 2. The molecule has 6 heteroatoms. The van der Waals surface area contributed by atoms with Gasteiger partial charge in [-0.15, -0.1) is 0 Å². The van der Waals surface area contributed by atoms with Gasteiger partial charge in [-0.2, -0.15) is 0 Å². The highest BCUT2D eigenvalue weighted by Gasteiger charge is 2.34. The lowest BCUT2D eigenvalue weighted by Crippen LogP contribution is -2.38. The van der Waals surface area contributed by atoms with Crippen LogP contribution in [0.25, 0.3) is 0 Å². The van der Waals surface area contributed by atoms with Gasteiger partial charge < -0.3 is 10.4 Å². The summed E-state index contributed by atoms with van der Waals surface area (Å²) in [5.41, 5.74) is 0.226. The third-order valence-corrected chi connectivity index (χ3v) is 4.30. The lowest BCUT2D eigenvalue weighted by atomic mass is 9.87. The molecule has 1 saturated carbocycles. The Bertz CT molecular complexity index is 551. The van der Waals surface area contributed by atoms with Crippen molar-refractivity contribution in [1.82, 2.24) is 5.32 Å². The largest absolute Gasteiger partial charge is 0.396 e. The maximum atomic E-state index is 12.3. The molecule has 1 fully saturated rings. The number of nitrogens with one attached hydrogen (secondary N) is 1. The molecular weight excluding hydrogens is 272 g/mol. The van der Waals surface area contributed by atoms with E-state index in [1.54, 1.807) is 19.1 Å². The molecule has 0 atom stereocenters. The van der Waals surface area contributed by atoms with Crippen LogP contribution in [0.5, 0.6) is 0 Å². The SMILES string of the molecule is Cc1cccc([N+](=O)[O-])c1C(=O)NCC1(CO)CCCC1. The molecule has 1 aliphatic carbocycles. The van der Waals surface area contributed by atoms with Gasteiger partial charge in [0.05, 0.1) is 11.5 Å². The number of aliphatic hydroxyl groups excluding tert-OH is 1. The van der Waals surface area contributed by atoms with Crippen LogP contribution in [0.3, 0.4) is 0 Å². The Morgan fingerprint density at radius 2 is 2.10 bits per heavy atom. The predicted molar refractivity (Wildman–Crippen MR) is 78.2 cm³/mol. The van der Waals surface area contributed by atoms with Crippen molar-refractivity contribution in [2.45, 2.75) is 32.6 Å². The van der Waals surface area contributed by atoms with Crippen LogP contribution in [-0.2, 0) is 0 Å². The van der Waals surface area contributed by atoms with Crippen LogP contribution >= 0.6 is 0 Å². The van der Waals surface area contributed by atoms with E-state index in [1.807, 2.05) is 0 Å². The van der Waals surface area contributed by atoms with Crippen LogP contribution in [0, 0.1) is 22.5 Å². The molecule has 1 aromatic rings. The second-order valence-electron chi connectivity index (χ2n) is 5.77. The summed E-state index contributed by atoms with van der Waals surface area (Å²) in [4.78, 5) is 22.8. The first-order valence-corrected chi connectivity index (χ1v) is 7.12. The van der Waals surface area contributed by atoms with Gasteiger partial charge in [0.25, 0.3) is 11.6 Å². The van der Waals surface area contributed by atoms with Gasteiger partial charge in [0.15, 0.2) is 0 Å². The summed E-state index contributed by atoms with van der Waals surface area (Å²) >= 11 is 0.